The molecule has 1 aromatic carbocycles. The molecule has 0 saturated heterocycles. The first kappa shape index (κ1) is 12.1. The lowest BCUT2D eigenvalue weighted by molar-refractivity contribution is 0.271. The van der Waals surface area contributed by atoms with E-state index in [-0.39, 0.29) is 6.61 Å². The number of aliphatic hydroxyl groups is 1. The molecule has 19 heavy (non-hydrogen) atoms. The van der Waals surface area contributed by atoms with E-state index in [9.17, 15) is 0 Å². The van der Waals surface area contributed by atoms with Crippen LogP contribution in [0.25, 0.3) is 22.3 Å². The highest BCUT2D eigenvalue weighted by Gasteiger charge is 2.14. The van der Waals surface area contributed by atoms with Gasteiger partial charge in [0.15, 0.2) is 10.8 Å². The molecule has 0 saturated carbocycles. The summed E-state index contributed by atoms with van der Waals surface area (Å²) in [5, 5.41) is 22.6. The number of nitrogens with zero attached hydrogens (tertiary/aromatic N) is 4. The van der Waals surface area contributed by atoms with Crippen LogP contribution in [-0.4, -0.2) is 31.7 Å². The SMILES string of the molecule is OCCn1nc(-c2ccccc2)c2cc(Cl)nnc21. The van der Waals surface area contributed by atoms with Gasteiger partial charge in [0, 0.05) is 5.56 Å². The summed E-state index contributed by atoms with van der Waals surface area (Å²) in [6.45, 7) is 0.370. The highest BCUT2D eigenvalue weighted by molar-refractivity contribution is 6.30. The first-order valence-corrected chi connectivity index (χ1v) is 6.23. The van der Waals surface area contributed by atoms with E-state index in [1.165, 1.54) is 0 Å². The van der Waals surface area contributed by atoms with Gasteiger partial charge in [-0.25, -0.2) is 4.68 Å². The fraction of sp³-hybridized carbons (Fsp3) is 0.154. The summed E-state index contributed by atoms with van der Waals surface area (Å²) in [6, 6.07) is 11.5. The number of aliphatic hydroxyl groups excluding tert-OH is 1. The molecule has 3 aromatic rings. The topological polar surface area (TPSA) is 63.8 Å². The van der Waals surface area contributed by atoms with Crippen LogP contribution < -0.4 is 0 Å². The van der Waals surface area contributed by atoms with Crippen molar-refractivity contribution in [2.45, 2.75) is 6.54 Å². The van der Waals surface area contributed by atoms with Gasteiger partial charge in [-0.15, -0.1) is 10.2 Å². The Kier molecular flexibility index (Phi) is 3.15. The van der Waals surface area contributed by atoms with Gasteiger partial charge in [0.25, 0.3) is 0 Å². The van der Waals surface area contributed by atoms with Gasteiger partial charge in [0.1, 0.15) is 5.69 Å². The lowest BCUT2D eigenvalue weighted by Crippen LogP contribution is -2.05. The normalized spacial score (nSPS) is 11.1. The van der Waals surface area contributed by atoms with Crippen LogP contribution in [0.15, 0.2) is 36.4 Å². The summed E-state index contributed by atoms with van der Waals surface area (Å²) >= 11 is 5.90. The molecule has 0 bridgehead atoms. The van der Waals surface area contributed by atoms with Crippen LogP contribution in [0.3, 0.4) is 0 Å². The fourth-order valence-corrected chi connectivity index (χ4v) is 2.16. The molecule has 0 aliphatic carbocycles. The minimum Gasteiger partial charge on any atom is -0.394 e. The second-order valence-corrected chi connectivity index (χ2v) is 4.45. The van der Waals surface area contributed by atoms with E-state index >= 15 is 0 Å². The Bertz CT molecular complexity index is 711. The van der Waals surface area contributed by atoms with Crippen LogP contribution in [0.2, 0.25) is 5.15 Å². The van der Waals surface area contributed by atoms with Crippen molar-refractivity contribution < 1.29 is 5.11 Å². The maximum Gasteiger partial charge on any atom is 0.181 e. The molecule has 2 aromatic heterocycles. The van der Waals surface area contributed by atoms with Gasteiger partial charge >= 0.3 is 0 Å². The van der Waals surface area contributed by atoms with E-state index in [1.54, 1.807) is 10.7 Å². The molecular weight excluding hydrogens is 264 g/mol. The Morgan fingerprint density at radius 3 is 2.68 bits per heavy atom. The van der Waals surface area contributed by atoms with Gasteiger partial charge < -0.3 is 5.11 Å². The van der Waals surface area contributed by atoms with Gasteiger partial charge in [-0.2, -0.15) is 5.10 Å². The van der Waals surface area contributed by atoms with Crippen molar-refractivity contribution in [2.75, 3.05) is 6.61 Å². The van der Waals surface area contributed by atoms with Gasteiger partial charge in [-0.1, -0.05) is 41.9 Å². The lowest BCUT2D eigenvalue weighted by Gasteiger charge is -1.97. The zero-order valence-electron chi connectivity index (χ0n) is 9.99. The second-order valence-electron chi connectivity index (χ2n) is 4.07. The number of hydrogen-bond donors (Lipinski definition) is 1. The predicted molar refractivity (Wildman–Crippen MR) is 72.9 cm³/mol. The van der Waals surface area contributed by atoms with E-state index in [4.69, 9.17) is 16.7 Å². The summed E-state index contributed by atoms with van der Waals surface area (Å²) in [6.07, 6.45) is 0. The summed E-state index contributed by atoms with van der Waals surface area (Å²) in [4.78, 5) is 0. The third kappa shape index (κ3) is 2.18. The van der Waals surface area contributed by atoms with Crippen molar-refractivity contribution in [3.63, 3.8) is 0 Å². The van der Waals surface area contributed by atoms with E-state index in [0.29, 0.717) is 17.3 Å². The van der Waals surface area contributed by atoms with Crippen molar-refractivity contribution in [1.29, 1.82) is 0 Å². The highest BCUT2D eigenvalue weighted by Crippen LogP contribution is 2.27. The predicted octanol–water partition coefficient (Wildman–Crippen LogP) is 2.14. The van der Waals surface area contributed by atoms with E-state index in [0.717, 1.165) is 16.6 Å². The molecule has 1 N–H and O–H groups in total. The summed E-state index contributed by atoms with van der Waals surface area (Å²) in [5.74, 6) is 0. The monoisotopic (exact) mass is 274 g/mol. The minimum atomic E-state index is -0.00465. The Morgan fingerprint density at radius 2 is 1.95 bits per heavy atom. The standard InChI is InChI=1S/C13H11ClN4O/c14-11-8-10-12(9-4-2-1-3-5-9)17-18(6-7-19)13(10)16-15-11/h1-5,8,19H,6-7H2. The molecule has 0 aliphatic heterocycles. The lowest BCUT2D eigenvalue weighted by atomic mass is 10.1. The molecule has 0 atom stereocenters. The zero-order chi connectivity index (χ0) is 13.2. The van der Waals surface area contributed by atoms with Crippen LogP contribution >= 0.6 is 11.6 Å². The fourth-order valence-electron chi connectivity index (χ4n) is 2.01. The average molecular weight is 275 g/mol. The number of aromatic nitrogens is 4. The van der Waals surface area contributed by atoms with Crippen molar-refractivity contribution >= 4 is 22.6 Å². The van der Waals surface area contributed by atoms with Gasteiger partial charge in [-0.05, 0) is 6.07 Å². The van der Waals surface area contributed by atoms with Crippen LogP contribution in [-0.2, 0) is 6.54 Å². The highest BCUT2D eigenvalue weighted by atomic mass is 35.5. The Morgan fingerprint density at radius 1 is 1.16 bits per heavy atom. The summed E-state index contributed by atoms with van der Waals surface area (Å²) < 4.78 is 1.64. The minimum absolute atomic E-state index is 0.00465. The molecule has 96 valence electrons. The van der Waals surface area contributed by atoms with Crippen LogP contribution in [0.5, 0.6) is 0 Å². The number of rotatable bonds is 3. The van der Waals surface area contributed by atoms with Crippen LogP contribution in [0.1, 0.15) is 0 Å². The Labute approximate surface area is 114 Å². The summed E-state index contributed by atoms with van der Waals surface area (Å²) in [7, 11) is 0. The molecule has 3 rings (SSSR count). The second kappa shape index (κ2) is 4.95. The third-order valence-corrected chi connectivity index (χ3v) is 3.01. The maximum atomic E-state index is 9.08. The van der Waals surface area contributed by atoms with Gasteiger partial charge in [0.2, 0.25) is 0 Å². The molecule has 0 spiro atoms. The molecule has 2 heterocycles. The van der Waals surface area contributed by atoms with Gasteiger partial charge in [-0.3, -0.25) is 0 Å². The number of fused-ring (bicyclic) bond motifs is 1. The largest absolute Gasteiger partial charge is 0.394 e. The van der Waals surface area contributed by atoms with Crippen LogP contribution in [0.4, 0.5) is 0 Å². The Balaban J connectivity index is 2.26. The third-order valence-electron chi connectivity index (χ3n) is 2.82. The quantitative estimate of drug-likeness (QED) is 0.795. The molecule has 6 heteroatoms. The number of halogens is 1. The van der Waals surface area contributed by atoms with Crippen molar-refractivity contribution in [3.8, 4) is 11.3 Å². The van der Waals surface area contributed by atoms with Crippen LogP contribution in [0, 0.1) is 0 Å². The van der Waals surface area contributed by atoms with E-state index in [2.05, 4.69) is 15.3 Å². The smallest absolute Gasteiger partial charge is 0.181 e. The molecule has 0 unspecified atom stereocenters. The van der Waals surface area contributed by atoms with E-state index < -0.39 is 0 Å². The first-order valence-electron chi connectivity index (χ1n) is 5.85. The molecule has 0 amide bonds. The average Bonchev–Trinajstić information content (AvgIpc) is 2.78. The van der Waals surface area contributed by atoms with E-state index in [1.807, 2.05) is 30.3 Å². The first-order chi connectivity index (χ1) is 9.29. The maximum absolute atomic E-state index is 9.08. The van der Waals surface area contributed by atoms with Gasteiger partial charge in [0.05, 0.1) is 18.5 Å². The number of benzene rings is 1. The van der Waals surface area contributed by atoms with Crippen molar-refractivity contribution in [3.05, 3.63) is 41.6 Å². The van der Waals surface area contributed by atoms with Crippen molar-refractivity contribution in [2.24, 2.45) is 0 Å². The number of hydrogen-bond acceptors (Lipinski definition) is 4. The van der Waals surface area contributed by atoms with Crippen molar-refractivity contribution in [1.82, 2.24) is 20.0 Å². The Hall–Kier alpha value is -1.98. The molecule has 0 aliphatic rings. The zero-order valence-corrected chi connectivity index (χ0v) is 10.7. The molecular formula is C13H11ClN4O. The summed E-state index contributed by atoms with van der Waals surface area (Å²) in [5.41, 5.74) is 2.39. The molecule has 0 radical (unpaired) electrons. The molecule has 5 nitrogen and oxygen atoms in total. The molecule has 0 fully saturated rings.